The zero-order chi connectivity index (χ0) is 18.7. The summed E-state index contributed by atoms with van der Waals surface area (Å²) in [6, 6.07) is 4.38. The van der Waals surface area contributed by atoms with Crippen LogP contribution in [0, 0.1) is 17.7 Å². The molecular formula is C18H21FN2O5. The van der Waals surface area contributed by atoms with E-state index < -0.39 is 35.6 Å². The molecule has 3 unspecified atom stereocenters. The lowest BCUT2D eigenvalue weighted by Crippen LogP contribution is -2.51. The second kappa shape index (κ2) is 7.82. The monoisotopic (exact) mass is 364 g/mol. The molecule has 0 radical (unpaired) electrons. The molecule has 0 aliphatic carbocycles. The fourth-order valence-electron chi connectivity index (χ4n) is 3.46. The minimum atomic E-state index is -1.13. The molecule has 2 saturated heterocycles. The summed E-state index contributed by atoms with van der Waals surface area (Å²) in [5, 5.41) is 12.0. The average Bonchev–Trinajstić information content (AvgIpc) is 3.02. The molecule has 7 nitrogen and oxygen atoms in total. The van der Waals surface area contributed by atoms with Crippen molar-refractivity contribution in [3.63, 3.8) is 0 Å². The maximum atomic E-state index is 13.0. The number of hydrogen-bond donors (Lipinski definition) is 2. The van der Waals surface area contributed by atoms with Crippen molar-refractivity contribution in [1.29, 1.82) is 0 Å². The van der Waals surface area contributed by atoms with Crippen molar-refractivity contribution in [2.75, 3.05) is 24.7 Å². The molecule has 3 rings (SSSR count). The minimum absolute atomic E-state index is 0.275. The van der Waals surface area contributed by atoms with Crippen LogP contribution in [0.5, 0.6) is 0 Å². The van der Waals surface area contributed by atoms with Gasteiger partial charge in [0.1, 0.15) is 17.8 Å². The van der Waals surface area contributed by atoms with Gasteiger partial charge >= 0.3 is 5.97 Å². The van der Waals surface area contributed by atoms with Crippen molar-refractivity contribution in [1.82, 2.24) is 5.32 Å². The Balaban J connectivity index is 1.66. The van der Waals surface area contributed by atoms with Gasteiger partial charge in [-0.05, 0) is 43.5 Å². The van der Waals surface area contributed by atoms with Gasteiger partial charge in [-0.1, -0.05) is 0 Å². The number of anilines is 1. The molecule has 1 aromatic rings. The van der Waals surface area contributed by atoms with E-state index in [2.05, 4.69) is 5.32 Å². The van der Waals surface area contributed by atoms with Gasteiger partial charge in [0.2, 0.25) is 11.8 Å². The second-order valence-corrected chi connectivity index (χ2v) is 6.61. The molecule has 2 fully saturated rings. The fraction of sp³-hybridized carbons (Fsp3) is 0.500. The number of rotatable bonds is 5. The topological polar surface area (TPSA) is 95.9 Å². The molecule has 0 bridgehead atoms. The molecule has 26 heavy (non-hydrogen) atoms. The first kappa shape index (κ1) is 18.3. The van der Waals surface area contributed by atoms with Gasteiger partial charge in [-0.2, -0.15) is 0 Å². The smallest absolute Gasteiger partial charge is 0.326 e. The van der Waals surface area contributed by atoms with E-state index in [1.807, 2.05) is 0 Å². The largest absolute Gasteiger partial charge is 0.480 e. The molecule has 2 heterocycles. The number of aliphatic carboxylic acids is 1. The molecule has 1 aromatic carbocycles. The minimum Gasteiger partial charge on any atom is -0.480 e. The number of carbonyl (C=O) groups is 3. The summed E-state index contributed by atoms with van der Waals surface area (Å²) in [6.45, 7) is 1.19. The molecule has 0 saturated carbocycles. The molecule has 3 atom stereocenters. The van der Waals surface area contributed by atoms with Gasteiger partial charge in [0.15, 0.2) is 0 Å². The van der Waals surface area contributed by atoms with E-state index in [1.54, 1.807) is 0 Å². The third kappa shape index (κ3) is 3.85. The summed E-state index contributed by atoms with van der Waals surface area (Å²) < 4.78 is 18.3. The van der Waals surface area contributed by atoms with Gasteiger partial charge in [0, 0.05) is 24.8 Å². The number of carboxylic acids is 1. The fourth-order valence-corrected chi connectivity index (χ4v) is 3.46. The number of nitrogens with zero attached hydrogens (tertiary/aromatic N) is 1. The zero-order valence-electron chi connectivity index (χ0n) is 14.2. The lowest BCUT2D eigenvalue weighted by atomic mass is 9.93. The summed E-state index contributed by atoms with van der Waals surface area (Å²) in [6.07, 6.45) is 1.68. The molecule has 140 valence electrons. The lowest BCUT2D eigenvalue weighted by Gasteiger charge is -2.28. The first-order valence-electron chi connectivity index (χ1n) is 8.65. The highest BCUT2D eigenvalue weighted by Gasteiger charge is 2.40. The van der Waals surface area contributed by atoms with Gasteiger partial charge < -0.3 is 20.1 Å². The van der Waals surface area contributed by atoms with Gasteiger partial charge in [-0.25, -0.2) is 9.18 Å². The van der Waals surface area contributed by atoms with Crippen LogP contribution in [0.4, 0.5) is 10.1 Å². The van der Waals surface area contributed by atoms with Crippen LogP contribution < -0.4 is 10.2 Å². The molecule has 0 spiro atoms. The number of amides is 2. The summed E-state index contributed by atoms with van der Waals surface area (Å²) in [4.78, 5) is 38.0. The molecule has 2 aliphatic rings. The predicted octanol–water partition coefficient (Wildman–Crippen LogP) is 1.17. The van der Waals surface area contributed by atoms with Crippen LogP contribution in [0.15, 0.2) is 24.3 Å². The van der Waals surface area contributed by atoms with E-state index >= 15 is 0 Å². The van der Waals surface area contributed by atoms with Crippen molar-refractivity contribution in [3.8, 4) is 0 Å². The maximum absolute atomic E-state index is 13.0. The van der Waals surface area contributed by atoms with Crippen LogP contribution in [0.2, 0.25) is 0 Å². The summed E-state index contributed by atoms with van der Waals surface area (Å²) in [5.41, 5.74) is 0.516. The van der Waals surface area contributed by atoms with E-state index in [0.717, 1.165) is 6.42 Å². The first-order valence-corrected chi connectivity index (χ1v) is 8.65. The Kier molecular flexibility index (Phi) is 5.51. The van der Waals surface area contributed by atoms with E-state index in [1.165, 1.54) is 29.2 Å². The predicted molar refractivity (Wildman–Crippen MR) is 90.0 cm³/mol. The van der Waals surface area contributed by atoms with Gasteiger partial charge in [0.05, 0.1) is 6.61 Å². The summed E-state index contributed by atoms with van der Waals surface area (Å²) >= 11 is 0. The lowest BCUT2D eigenvalue weighted by molar-refractivity contribution is -0.146. The van der Waals surface area contributed by atoms with Crippen LogP contribution in [0.1, 0.15) is 19.3 Å². The van der Waals surface area contributed by atoms with E-state index in [9.17, 15) is 23.9 Å². The van der Waals surface area contributed by atoms with Gasteiger partial charge in [-0.15, -0.1) is 0 Å². The van der Waals surface area contributed by atoms with Crippen molar-refractivity contribution < 1.29 is 28.6 Å². The van der Waals surface area contributed by atoms with Crippen LogP contribution in [0.25, 0.3) is 0 Å². The van der Waals surface area contributed by atoms with Crippen LogP contribution in [0.3, 0.4) is 0 Å². The average molecular weight is 364 g/mol. The number of benzene rings is 1. The Morgan fingerprint density at radius 1 is 1.27 bits per heavy atom. The highest BCUT2D eigenvalue weighted by molar-refractivity contribution is 6.10. The molecule has 8 heteroatoms. The Bertz CT molecular complexity index is 687. The molecular weight excluding hydrogens is 343 g/mol. The SMILES string of the molecule is O=C(NC(C(=O)O)C1CCCOC1)C1CCN(c2ccc(F)cc2)C1=O. The van der Waals surface area contributed by atoms with Gasteiger partial charge in [-0.3, -0.25) is 9.59 Å². The Labute approximate surface area is 150 Å². The van der Waals surface area contributed by atoms with E-state index in [4.69, 9.17) is 4.74 Å². The normalized spacial score (nSPS) is 24.3. The number of carbonyl (C=O) groups excluding carboxylic acids is 2. The summed E-state index contributed by atoms with van der Waals surface area (Å²) in [5.74, 6) is -3.78. The summed E-state index contributed by atoms with van der Waals surface area (Å²) in [7, 11) is 0. The number of carboxylic acid groups (broad SMARTS) is 1. The van der Waals surface area contributed by atoms with Crippen molar-refractivity contribution >= 4 is 23.5 Å². The standard InChI is InChI=1S/C18H21FN2O5/c19-12-3-5-13(6-4-12)21-8-7-14(17(21)23)16(22)20-15(18(24)25)11-2-1-9-26-10-11/h3-6,11,14-15H,1-2,7-10H2,(H,20,22)(H,24,25). The second-order valence-electron chi connectivity index (χ2n) is 6.61. The third-order valence-electron chi connectivity index (χ3n) is 4.89. The Morgan fingerprint density at radius 3 is 2.62 bits per heavy atom. The molecule has 0 aromatic heterocycles. The van der Waals surface area contributed by atoms with Crippen LogP contribution in [-0.4, -0.2) is 48.7 Å². The highest BCUT2D eigenvalue weighted by Crippen LogP contribution is 2.26. The van der Waals surface area contributed by atoms with Crippen LogP contribution >= 0.6 is 0 Å². The third-order valence-corrected chi connectivity index (χ3v) is 4.89. The van der Waals surface area contributed by atoms with Crippen molar-refractivity contribution in [2.24, 2.45) is 11.8 Å². The maximum Gasteiger partial charge on any atom is 0.326 e. The van der Waals surface area contributed by atoms with Crippen LogP contribution in [-0.2, 0) is 19.1 Å². The Morgan fingerprint density at radius 2 is 2.00 bits per heavy atom. The van der Waals surface area contributed by atoms with Crippen molar-refractivity contribution in [3.05, 3.63) is 30.1 Å². The number of halogens is 1. The first-order chi connectivity index (χ1) is 12.5. The Hall–Kier alpha value is -2.48. The molecule has 2 N–H and O–H groups in total. The highest BCUT2D eigenvalue weighted by atomic mass is 19.1. The zero-order valence-corrected chi connectivity index (χ0v) is 14.2. The number of ether oxygens (including phenoxy) is 1. The molecule has 2 amide bonds. The van der Waals surface area contributed by atoms with Crippen molar-refractivity contribution in [2.45, 2.75) is 25.3 Å². The molecule has 2 aliphatic heterocycles. The van der Waals surface area contributed by atoms with E-state index in [0.29, 0.717) is 25.3 Å². The quantitative estimate of drug-likeness (QED) is 0.765. The van der Waals surface area contributed by atoms with E-state index in [-0.39, 0.29) is 18.9 Å². The number of nitrogens with one attached hydrogen (secondary N) is 1. The number of hydrogen-bond acceptors (Lipinski definition) is 4. The van der Waals surface area contributed by atoms with Gasteiger partial charge in [0.25, 0.3) is 0 Å².